The summed E-state index contributed by atoms with van der Waals surface area (Å²) in [6.07, 6.45) is 0. The van der Waals surface area contributed by atoms with Gasteiger partial charge in [0.15, 0.2) is 0 Å². The Kier molecular flexibility index (Phi) is 4.76. The summed E-state index contributed by atoms with van der Waals surface area (Å²) < 4.78 is 0.844. The number of nitrogens with one attached hydrogen (secondary N) is 2. The molecule has 0 unspecified atom stereocenters. The first-order valence-corrected chi connectivity index (χ1v) is 7.77. The van der Waals surface area contributed by atoms with Gasteiger partial charge in [-0.05, 0) is 17.7 Å². The highest BCUT2D eigenvalue weighted by Gasteiger charge is 2.16. The first-order valence-electron chi connectivity index (χ1n) is 7.77. The number of para-hydroxylation sites is 1. The average molecular weight is 339 g/mol. The molecule has 0 radical (unpaired) electrons. The number of amides is 1. The molecule has 3 N–H and O–H groups in total. The van der Waals surface area contributed by atoms with Crippen LogP contribution in [0.15, 0.2) is 64.2 Å². The topological polar surface area (TPSA) is 104 Å². The first kappa shape index (κ1) is 16.7. The Balaban J connectivity index is 1.85. The number of rotatable bonds is 5. The van der Waals surface area contributed by atoms with Crippen molar-refractivity contribution < 1.29 is 9.90 Å². The molecule has 0 saturated heterocycles. The number of aliphatic hydroxyl groups is 1. The Morgan fingerprint density at radius 2 is 1.76 bits per heavy atom. The van der Waals surface area contributed by atoms with Gasteiger partial charge in [-0.15, -0.1) is 0 Å². The lowest BCUT2D eigenvalue weighted by molar-refractivity contribution is -0.122. The summed E-state index contributed by atoms with van der Waals surface area (Å²) in [4.78, 5) is 39.4. The Hall–Kier alpha value is -3.19. The lowest BCUT2D eigenvalue weighted by atomic mass is 10.1. The van der Waals surface area contributed by atoms with E-state index >= 15 is 0 Å². The summed E-state index contributed by atoms with van der Waals surface area (Å²) >= 11 is 0. The third kappa shape index (κ3) is 3.51. The number of aromatic amines is 1. The van der Waals surface area contributed by atoms with Crippen LogP contribution >= 0.6 is 0 Å². The number of nitrogens with zero attached hydrogens (tertiary/aromatic N) is 1. The molecular weight excluding hydrogens is 322 g/mol. The van der Waals surface area contributed by atoms with E-state index in [0.29, 0.717) is 10.9 Å². The highest BCUT2D eigenvalue weighted by Crippen LogP contribution is 2.11. The van der Waals surface area contributed by atoms with Gasteiger partial charge < -0.3 is 15.4 Å². The summed E-state index contributed by atoms with van der Waals surface area (Å²) in [6.45, 7) is -0.721. The van der Waals surface area contributed by atoms with Crippen LogP contribution in [-0.2, 0) is 11.3 Å². The van der Waals surface area contributed by atoms with Gasteiger partial charge in [-0.1, -0.05) is 42.5 Å². The van der Waals surface area contributed by atoms with E-state index in [9.17, 15) is 19.5 Å². The van der Waals surface area contributed by atoms with Crippen LogP contribution in [0.1, 0.15) is 11.6 Å². The molecule has 25 heavy (non-hydrogen) atoms. The normalized spacial score (nSPS) is 12.0. The van der Waals surface area contributed by atoms with Crippen LogP contribution in [0.4, 0.5) is 0 Å². The van der Waals surface area contributed by atoms with Crippen LogP contribution in [0.25, 0.3) is 10.9 Å². The maximum atomic E-state index is 12.4. The van der Waals surface area contributed by atoms with Crippen LogP contribution in [0.5, 0.6) is 0 Å². The molecule has 0 aliphatic rings. The van der Waals surface area contributed by atoms with Crippen molar-refractivity contribution in [1.29, 1.82) is 0 Å². The zero-order chi connectivity index (χ0) is 17.8. The number of carbonyl (C=O) groups excluding carboxylic acids is 1. The molecule has 7 nitrogen and oxygen atoms in total. The minimum atomic E-state index is -0.654. The largest absolute Gasteiger partial charge is 0.394 e. The van der Waals surface area contributed by atoms with Crippen LogP contribution in [0.3, 0.4) is 0 Å². The summed E-state index contributed by atoms with van der Waals surface area (Å²) in [5.41, 5.74) is -0.0290. The van der Waals surface area contributed by atoms with Crippen molar-refractivity contribution in [2.75, 3.05) is 6.61 Å². The van der Waals surface area contributed by atoms with Gasteiger partial charge in [-0.2, -0.15) is 0 Å². The van der Waals surface area contributed by atoms with Crippen molar-refractivity contribution in [2.24, 2.45) is 0 Å². The number of fused-ring (bicyclic) bond motifs is 1. The number of aromatic nitrogens is 2. The Bertz CT molecular complexity index is 1010. The number of aliphatic hydroxyl groups excluding tert-OH is 1. The number of hydrogen-bond acceptors (Lipinski definition) is 4. The first-order chi connectivity index (χ1) is 12.1. The fourth-order valence-corrected chi connectivity index (χ4v) is 2.65. The molecule has 3 rings (SSSR count). The maximum Gasteiger partial charge on any atom is 0.329 e. The lowest BCUT2D eigenvalue weighted by Crippen LogP contribution is -2.42. The van der Waals surface area contributed by atoms with E-state index in [1.807, 2.05) is 6.07 Å². The van der Waals surface area contributed by atoms with Crippen molar-refractivity contribution in [2.45, 2.75) is 12.6 Å². The van der Waals surface area contributed by atoms with E-state index < -0.39 is 29.7 Å². The number of benzene rings is 2. The summed E-state index contributed by atoms with van der Waals surface area (Å²) in [5, 5.41) is 12.5. The molecule has 7 heteroatoms. The van der Waals surface area contributed by atoms with Gasteiger partial charge in [0.25, 0.3) is 5.56 Å². The summed E-state index contributed by atoms with van der Waals surface area (Å²) in [5.74, 6) is -0.536. The molecule has 1 amide bonds. The average Bonchev–Trinajstić information content (AvgIpc) is 2.64. The molecule has 0 saturated carbocycles. The van der Waals surface area contributed by atoms with Gasteiger partial charge in [0.1, 0.15) is 6.54 Å². The zero-order valence-corrected chi connectivity index (χ0v) is 13.3. The fraction of sp³-hybridized carbons (Fsp3) is 0.167. The summed E-state index contributed by atoms with van der Waals surface area (Å²) in [6, 6.07) is 15.0. The van der Waals surface area contributed by atoms with E-state index in [0.717, 1.165) is 10.1 Å². The zero-order valence-electron chi connectivity index (χ0n) is 13.3. The van der Waals surface area contributed by atoms with Crippen molar-refractivity contribution >= 4 is 16.8 Å². The molecular formula is C18H17N3O4. The van der Waals surface area contributed by atoms with Crippen LogP contribution < -0.4 is 16.6 Å². The molecule has 1 aromatic heterocycles. The molecule has 0 aliphatic carbocycles. The molecule has 2 aromatic carbocycles. The predicted octanol–water partition coefficient (Wildman–Crippen LogP) is 0.540. The lowest BCUT2D eigenvalue weighted by Gasteiger charge is -2.17. The van der Waals surface area contributed by atoms with Crippen LogP contribution in [-0.4, -0.2) is 27.2 Å². The van der Waals surface area contributed by atoms with E-state index in [2.05, 4.69) is 10.3 Å². The van der Waals surface area contributed by atoms with E-state index in [4.69, 9.17) is 0 Å². The molecule has 1 heterocycles. The van der Waals surface area contributed by atoms with Crippen molar-refractivity contribution in [3.8, 4) is 0 Å². The van der Waals surface area contributed by atoms with Crippen molar-refractivity contribution in [3.05, 3.63) is 81.0 Å². The van der Waals surface area contributed by atoms with Gasteiger partial charge in [0, 0.05) is 0 Å². The SMILES string of the molecule is O=C(Cn1c(=O)[nH]c2ccccc2c1=O)N[C@@H](CO)c1ccccc1. The Morgan fingerprint density at radius 3 is 2.48 bits per heavy atom. The third-order valence-electron chi connectivity index (χ3n) is 3.91. The molecule has 1 atom stereocenters. The summed E-state index contributed by atoms with van der Waals surface area (Å²) in [7, 11) is 0. The molecule has 0 fully saturated rings. The minimum absolute atomic E-state index is 0.293. The highest BCUT2D eigenvalue weighted by molar-refractivity contribution is 5.79. The van der Waals surface area contributed by atoms with Gasteiger partial charge >= 0.3 is 5.69 Å². The van der Waals surface area contributed by atoms with E-state index in [1.54, 1.807) is 48.5 Å². The second-order valence-corrected chi connectivity index (χ2v) is 5.58. The molecule has 0 spiro atoms. The Labute approximate surface area is 142 Å². The van der Waals surface area contributed by atoms with Crippen LogP contribution in [0.2, 0.25) is 0 Å². The number of H-pyrrole nitrogens is 1. The maximum absolute atomic E-state index is 12.4. The van der Waals surface area contributed by atoms with Crippen molar-refractivity contribution in [1.82, 2.24) is 14.9 Å². The molecule has 3 aromatic rings. The minimum Gasteiger partial charge on any atom is -0.394 e. The molecule has 0 aliphatic heterocycles. The predicted molar refractivity (Wildman–Crippen MR) is 93.2 cm³/mol. The van der Waals surface area contributed by atoms with Gasteiger partial charge in [-0.3, -0.25) is 14.2 Å². The monoisotopic (exact) mass is 339 g/mol. The van der Waals surface area contributed by atoms with Crippen molar-refractivity contribution in [3.63, 3.8) is 0 Å². The van der Waals surface area contributed by atoms with Crippen LogP contribution in [0, 0.1) is 0 Å². The molecule has 0 bridgehead atoms. The Morgan fingerprint density at radius 1 is 1.08 bits per heavy atom. The third-order valence-corrected chi connectivity index (χ3v) is 3.91. The van der Waals surface area contributed by atoms with E-state index in [-0.39, 0.29) is 6.61 Å². The number of carbonyl (C=O) groups is 1. The highest BCUT2D eigenvalue weighted by atomic mass is 16.3. The van der Waals surface area contributed by atoms with E-state index in [1.165, 1.54) is 0 Å². The second-order valence-electron chi connectivity index (χ2n) is 5.58. The second kappa shape index (κ2) is 7.14. The van der Waals surface area contributed by atoms with Gasteiger partial charge in [0.05, 0.1) is 23.6 Å². The number of hydrogen-bond donors (Lipinski definition) is 3. The fourth-order valence-electron chi connectivity index (χ4n) is 2.65. The smallest absolute Gasteiger partial charge is 0.329 e. The molecule has 128 valence electrons. The van der Waals surface area contributed by atoms with Gasteiger partial charge in [0.2, 0.25) is 5.91 Å². The standard InChI is InChI=1S/C18H17N3O4/c22-11-15(12-6-2-1-3-7-12)19-16(23)10-21-17(24)13-8-4-5-9-14(13)20-18(21)25/h1-9,15,22H,10-11H2,(H,19,23)(H,20,25)/t15-/m0/s1. The van der Waals surface area contributed by atoms with Gasteiger partial charge in [-0.25, -0.2) is 4.79 Å². The quantitative estimate of drug-likeness (QED) is 0.631.